The van der Waals surface area contributed by atoms with Crippen molar-refractivity contribution in [2.45, 2.75) is 38.6 Å². The first-order chi connectivity index (χ1) is 10.4. The second-order valence-electron chi connectivity index (χ2n) is 5.32. The number of piperidine rings is 1. The van der Waals surface area contributed by atoms with Gasteiger partial charge in [-0.05, 0) is 19.3 Å². The van der Waals surface area contributed by atoms with Crippen LogP contribution in [0.2, 0.25) is 0 Å². The van der Waals surface area contributed by atoms with E-state index in [9.17, 15) is 13.2 Å². The number of nitrogens with zero attached hydrogens (tertiary/aromatic N) is 3. The van der Waals surface area contributed by atoms with Gasteiger partial charge in [0.05, 0.1) is 6.26 Å². The molecule has 1 aliphatic rings. The number of carbonyl (C=O) groups is 1. The van der Waals surface area contributed by atoms with Crippen LogP contribution in [0.4, 0.5) is 9.93 Å². The van der Waals surface area contributed by atoms with Crippen molar-refractivity contribution in [2.24, 2.45) is 0 Å². The molecule has 1 aromatic heterocycles. The van der Waals surface area contributed by atoms with Crippen LogP contribution in [-0.2, 0) is 16.4 Å². The maximum atomic E-state index is 12.0. The van der Waals surface area contributed by atoms with E-state index in [1.807, 2.05) is 6.92 Å². The zero-order chi connectivity index (χ0) is 16.2. The van der Waals surface area contributed by atoms with Gasteiger partial charge in [0.2, 0.25) is 15.2 Å². The van der Waals surface area contributed by atoms with E-state index in [0.29, 0.717) is 18.2 Å². The van der Waals surface area contributed by atoms with Gasteiger partial charge in [0.25, 0.3) is 0 Å². The molecule has 2 N–H and O–H groups in total. The summed E-state index contributed by atoms with van der Waals surface area (Å²) in [6.45, 7) is 2.86. The lowest BCUT2D eigenvalue weighted by molar-refractivity contribution is 0.236. The van der Waals surface area contributed by atoms with Crippen LogP contribution in [0.5, 0.6) is 0 Å². The summed E-state index contributed by atoms with van der Waals surface area (Å²) in [6, 6.07) is -0.564. The fourth-order valence-corrected chi connectivity index (χ4v) is 3.83. The number of amides is 2. The zero-order valence-electron chi connectivity index (χ0n) is 12.7. The standard InChI is InChI=1S/C12H21N5O3S2/c1-3-5-10-14-12(21-16-10)15-11(18)13-9-6-4-7-17(8-9)22(2,19)20/h9H,3-8H2,1-2H3,(H2,13,14,15,16,18). The maximum Gasteiger partial charge on any atom is 0.321 e. The first-order valence-corrected chi connectivity index (χ1v) is 9.86. The van der Waals surface area contributed by atoms with E-state index >= 15 is 0 Å². The van der Waals surface area contributed by atoms with Gasteiger partial charge in [-0.15, -0.1) is 0 Å². The summed E-state index contributed by atoms with van der Waals surface area (Å²) in [5.41, 5.74) is 0. The molecule has 0 saturated carbocycles. The van der Waals surface area contributed by atoms with E-state index in [0.717, 1.165) is 43.0 Å². The number of aryl methyl sites for hydroxylation is 1. The molecule has 0 bridgehead atoms. The fraction of sp³-hybridized carbons (Fsp3) is 0.750. The van der Waals surface area contributed by atoms with Crippen molar-refractivity contribution in [2.75, 3.05) is 24.7 Å². The normalized spacial score (nSPS) is 19.8. The predicted octanol–water partition coefficient (Wildman–Crippen LogP) is 1.04. The molecular formula is C12H21N5O3S2. The van der Waals surface area contributed by atoms with Gasteiger partial charge in [0.15, 0.2) is 0 Å². The predicted molar refractivity (Wildman–Crippen MR) is 85.5 cm³/mol. The Hall–Kier alpha value is -1.26. The van der Waals surface area contributed by atoms with Crippen LogP contribution in [0.25, 0.3) is 0 Å². The SMILES string of the molecule is CCCc1nsc(NC(=O)NC2CCCN(S(C)(=O)=O)C2)n1. The smallest absolute Gasteiger partial charge is 0.321 e. The monoisotopic (exact) mass is 347 g/mol. The van der Waals surface area contributed by atoms with Gasteiger partial charge in [0.1, 0.15) is 5.82 Å². The second kappa shape index (κ2) is 7.34. The third kappa shape index (κ3) is 4.89. The third-order valence-corrected chi connectivity index (χ3v) is 5.29. The summed E-state index contributed by atoms with van der Waals surface area (Å²) >= 11 is 1.15. The van der Waals surface area contributed by atoms with Crippen molar-refractivity contribution >= 4 is 32.7 Å². The minimum Gasteiger partial charge on any atom is -0.334 e. The van der Waals surface area contributed by atoms with Gasteiger partial charge >= 0.3 is 6.03 Å². The van der Waals surface area contributed by atoms with Crippen molar-refractivity contribution in [3.05, 3.63) is 5.82 Å². The van der Waals surface area contributed by atoms with Crippen LogP contribution in [-0.4, -0.2) is 53.5 Å². The summed E-state index contributed by atoms with van der Waals surface area (Å²) in [6.07, 6.45) is 4.41. The van der Waals surface area contributed by atoms with Crippen molar-refractivity contribution in [1.29, 1.82) is 0 Å². The molecule has 2 heterocycles. The molecule has 1 unspecified atom stereocenters. The first kappa shape index (κ1) is 17.1. The van der Waals surface area contributed by atoms with E-state index in [1.165, 1.54) is 10.6 Å². The summed E-state index contributed by atoms with van der Waals surface area (Å²) < 4.78 is 28.7. The highest BCUT2D eigenvalue weighted by Crippen LogP contribution is 2.14. The van der Waals surface area contributed by atoms with Gasteiger partial charge < -0.3 is 5.32 Å². The summed E-state index contributed by atoms with van der Waals surface area (Å²) in [4.78, 5) is 16.2. The topological polar surface area (TPSA) is 104 Å². The molecule has 0 spiro atoms. The Balaban J connectivity index is 1.85. The van der Waals surface area contributed by atoms with Crippen LogP contribution >= 0.6 is 11.5 Å². The molecule has 10 heteroatoms. The van der Waals surface area contributed by atoms with Crippen LogP contribution in [0.3, 0.4) is 0 Å². The van der Waals surface area contributed by atoms with Gasteiger partial charge in [-0.1, -0.05) is 6.92 Å². The molecule has 1 aliphatic heterocycles. The molecule has 1 fully saturated rings. The van der Waals surface area contributed by atoms with E-state index < -0.39 is 10.0 Å². The molecule has 22 heavy (non-hydrogen) atoms. The van der Waals surface area contributed by atoms with Crippen molar-refractivity contribution in [3.63, 3.8) is 0 Å². The van der Waals surface area contributed by atoms with Crippen LogP contribution in [0.1, 0.15) is 32.0 Å². The third-order valence-electron chi connectivity index (χ3n) is 3.35. The van der Waals surface area contributed by atoms with Crippen molar-refractivity contribution in [1.82, 2.24) is 19.0 Å². The van der Waals surface area contributed by atoms with Gasteiger partial charge in [-0.2, -0.15) is 4.37 Å². The number of hydrogen-bond acceptors (Lipinski definition) is 6. The molecule has 0 radical (unpaired) electrons. The fourth-order valence-electron chi connectivity index (χ4n) is 2.31. The molecule has 124 valence electrons. The lowest BCUT2D eigenvalue weighted by Crippen LogP contribution is -2.50. The minimum atomic E-state index is -3.22. The first-order valence-electron chi connectivity index (χ1n) is 7.23. The Bertz CT molecular complexity index is 616. The molecule has 0 aromatic carbocycles. The van der Waals surface area contributed by atoms with E-state index in [4.69, 9.17) is 0 Å². The average Bonchev–Trinajstić information content (AvgIpc) is 2.85. The number of aromatic nitrogens is 2. The summed E-state index contributed by atoms with van der Waals surface area (Å²) in [5, 5.41) is 5.90. The number of anilines is 1. The Kier molecular flexibility index (Phi) is 5.70. The molecule has 1 aromatic rings. The molecule has 8 nitrogen and oxygen atoms in total. The number of urea groups is 1. The maximum absolute atomic E-state index is 12.0. The Morgan fingerprint density at radius 3 is 2.95 bits per heavy atom. The lowest BCUT2D eigenvalue weighted by Gasteiger charge is -2.31. The van der Waals surface area contributed by atoms with E-state index in [-0.39, 0.29) is 12.1 Å². The highest BCUT2D eigenvalue weighted by atomic mass is 32.2. The second-order valence-corrected chi connectivity index (χ2v) is 8.06. The molecule has 1 saturated heterocycles. The number of sulfonamides is 1. The van der Waals surface area contributed by atoms with E-state index in [2.05, 4.69) is 20.0 Å². The lowest BCUT2D eigenvalue weighted by atomic mass is 10.1. The average molecular weight is 347 g/mol. The highest BCUT2D eigenvalue weighted by molar-refractivity contribution is 7.88. The van der Waals surface area contributed by atoms with E-state index in [1.54, 1.807) is 0 Å². The quantitative estimate of drug-likeness (QED) is 0.828. The highest BCUT2D eigenvalue weighted by Gasteiger charge is 2.26. The summed E-state index contributed by atoms with van der Waals surface area (Å²) in [7, 11) is -3.22. The largest absolute Gasteiger partial charge is 0.334 e. The Morgan fingerprint density at radius 1 is 1.50 bits per heavy atom. The number of hydrogen-bond donors (Lipinski definition) is 2. The summed E-state index contributed by atoms with van der Waals surface area (Å²) in [5.74, 6) is 0.726. The van der Waals surface area contributed by atoms with Gasteiger partial charge in [-0.3, -0.25) is 5.32 Å². The van der Waals surface area contributed by atoms with Gasteiger partial charge in [-0.25, -0.2) is 22.5 Å². The van der Waals surface area contributed by atoms with Crippen molar-refractivity contribution in [3.8, 4) is 0 Å². The number of carbonyl (C=O) groups excluding carboxylic acids is 1. The van der Waals surface area contributed by atoms with Gasteiger partial charge in [0, 0.05) is 37.1 Å². The molecule has 1 atom stereocenters. The van der Waals surface area contributed by atoms with Crippen LogP contribution in [0.15, 0.2) is 0 Å². The number of rotatable bonds is 5. The molecule has 2 amide bonds. The Morgan fingerprint density at radius 2 is 2.27 bits per heavy atom. The van der Waals surface area contributed by atoms with Crippen LogP contribution in [0, 0.1) is 0 Å². The molecule has 0 aliphatic carbocycles. The Labute approximate surface area is 134 Å². The van der Waals surface area contributed by atoms with Crippen LogP contribution < -0.4 is 10.6 Å². The number of nitrogens with one attached hydrogen (secondary N) is 2. The molecular weight excluding hydrogens is 326 g/mol. The molecule has 2 rings (SSSR count). The zero-order valence-corrected chi connectivity index (χ0v) is 14.3. The van der Waals surface area contributed by atoms with Crippen molar-refractivity contribution < 1.29 is 13.2 Å². The minimum absolute atomic E-state index is 0.188.